The Bertz CT molecular complexity index is 445. The van der Waals surface area contributed by atoms with Crippen molar-refractivity contribution in [3.05, 3.63) is 23.8 Å². The number of anilines is 2. The van der Waals surface area contributed by atoms with Crippen LogP contribution >= 0.6 is 0 Å². The largest absolute Gasteiger partial charge is 0.398 e. The second kappa shape index (κ2) is 5.74. The number of benzene rings is 1. The summed E-state index contributed by atoms with van der Waals surface area (Å²) in [6, 6.07) is 7.47. The molecule has 0 radical (unpaired) electrons. The molecule has 1 aliphatic rings. The molecule has 0 aliphatic heterocycles. The Labute approximate surface area is 107 Å². The Hall–Kier alpha value is -1.73. The molecule has 2 rings (SSSR count). The maximum absolute atomic E-state index is 9.44. The number of aliphatic hydroxyl groups is 1. The molecule has 0 atom stereocenters. The quantitative estimate of drug-likeness (QED) is 0.712. The van der Waals surface area contributed by atoms with Gasteiger partial charge in [0.05, 0.1) is 17.4 Å². The molecular weight excluding hydrogens is 226 g/mol. The van der Waals surface area contributed by atoms with Gasteiger partial charge in [-0.3, -0.25) is 0 Å². The minimum Gasteiger partial charge on any atom is -0.398 e. The van der Waals surface area contributed by atoms with Crippen molar-refractivity contribution in [2.24, 2.45) is 5.92 Å². The molecule has 96 valence electrons. The van der Waals surface area contributed by atoms with Gasteiger partial charge in [-0.1, -0.05) is 0 Å². The molecule has 0 amide bonds. The number of hydrogen-bond donors (Lipinski definition) is 3. The van der Waals surface area contributed by atoms with Gasteiger partial charge in [0.15, 0.2) is 0 Å². The van der Waals surface area contributed by atoms with Crippen molar-refractivity contribution in [2.75, 3.05) is 17.6 Å². The van der Waals surface area contributed by atoms with Crippen LogP contribution in [-0.4, -0.2) is 17.8 Å². The molecule has 0 saturated heterocycles. The number of aliphatic hydroxyl groups excluding tert-OH is 1. The van der Waals surface area contributed by atoms with Crippen molar-refractivity contribution in [2.45, 2.75) is 31.8 Å². The monoisotopic (exact) mass is 245 g/mol. The van der Waals surface area contributed by atoms with Gasteiger partial charge in [0, 0.05) is 12.2 Å². The summed E-state index contributed by atoms with van der Waals surface area (Å²) in [5, 5.41) is 21.6. The molecule has 4 heteroatoms. The van der Waals surface area contributed by atoms with E-state index in [0.29, 0.717) is 17.2 Å². The van der Waals surface area contributed by atoms with Crippen LogP contribution < -0.4 is 11.1 Å². The molecule has 1 saturated carbocycles. The fraction of sp³-hybridized carbons (Fsp3) is 0.500. The summed E-state index contributed by atoms with van der Waals surface area (Å²) in [5.41, 5.74) is 7.75. The van der Waals surface area contributed by atoms with Gasteiger partial charge < -0.3 is 16.2 Å². The van der Waals surface area contributed by atoms with Crippen LogP contribution in [0.15, 0.2) is 18.2 Å². The summed E-state index contributed by atoms with van der Waals surface area (Å²) in [4.78, 5) is 0. The molecule has 0 unspecified atom stereocenters. The molecule has 4 nitrogen and oxygen atoms in total. The van der Waals surface area contributed by atoms with E-state index in [1.165, 1.54) is 0 Å². The van der Waals surface area contributed by atoms with Gasteiger partial charge in [0.25, 0.3) is 0 Å². The van der Waals surface area contributed by atoms with E-state index in [1.54, 1.807) is 12.1 Å². The number of nitriles is 1. The minimum atomic E-state index is -0.105. The first-order valence-corrected chi connectivity index (χ1v) is 6.40. The van der Waals surface area contributed by atoms with Gasteiger partial charge in [-0.25, -0.2) is 0 Å². The first-order valence-electron chi connectivity index (χ1n) is 6.40. The normalized spacial score (nSPS) is 23.3. The van der Waals surface area contributed by atoms with Crippen LogP contribution in [-0.2, 0) is 0 Å². The summed E-state index contributed by atoms with van der Waals surface area (Å²) in [6.07, 6.45) is 3.84. The molecule has 0 spiro atoms. The van der Waals surface area contributed by atoms with Gasteiger partial charge in [0.2, 0.25) is 0 Å². The Morgan fingerprint density at radius 3 is 2.67 bits per heavy atom. The van der Waals surface area contributed by atoms with Crippen molar-refractivity contribution in [1.29, 1.82) is 5.26 Å². The Morgan fingerprint density at radius 2 is 2.06 bits per heavy atom. The first-order chi connectivity index (χ1) is 8.69. The lowest BCUT2D eigenvalue weighted by atomic mass is 9.87. The molecule has 4 N–H and O–H groups in total. The second-order valence-corrected chi connectivity index (χ2v) is 4.97. The third-order valence-corrected chi connectivity index (χ3v) is 3.58. The number of nitrogens with one attached hydrogen (secondary N) is 1. The number of nitrogens with two attached hydrogens (primary N) is 1. The van der Waals surface area contributed by atoms with E-state index >= 15 is 0 Å². The third-order valence-electron chi connectivity index (χ3n) is 3.58. The minimum absolute atomic E-state index is 0.105. The predicted molar refractivity (Wildman–Crippen MR) is 72.0 cm³/mol. The van der Waals surface area contributed by atoms with E-state index in [2.05, 4.69) is 11.4 Å². The van der Waals surface area contributed by atoms with Crippen LogP contribution in [0.5, 0.6) is 0 Å². The van der Waals surface area contributed by atoms with E-state index in [4.69, 9.17) is 11.0 Å². The van der Waals surface area contributed by atoms with Crippen molar-refractivity contribution in [3.63, 3.8) is 0 Å². The highest BCUT2D eigenvalue weighted by Gasteiger charge is 2.18. The summed E-state index contributed by atoms with van der Waals surface area (Å²) in [5.74, 6) is 0.616. The molecule has 1 aromatic rings. The molecule has 1 fully saturated rings. The van der Waals surface area contributed by atoms with Crippen molar-refractivity contribution in [3.8, 4) is 6.07 Å². The SMILES string of the molecule is N#Cc1ccc(NCC2CCC(O)CC2)cc1N. The lowest BCUT2D eigenvalue weighted by Gasteiger charge is -2.25. The third kappa shape index (κ3) is 3.14. The smallest absolute Gasteiger partial charge is 0.101 e. The molecule has 1 aromatic carbocycles. The van der Waals surface area contributed by atoms with Crippen molar-refractivity contribution in [1.82, 2.24) is 0 Å². The number of nitrogens with zero attached hydrogens (tertiary/aromatic N) is 1. The zero-order valence-corrected chi connectivity index (χ0v) is 10.4. The molecular formula is C14H19N3O. The number of nitrogen functional groups attached to an aromatic ring is 1. The molecule has 0 aromatic heterocycles. The van der Waals surface area contributed by atoms with E-state index in [0.717, 1.165) is 37.9 Å². The Kier molecular flexibility index (Phi) is 4.06. The topological polar surface area (TPSA) is 82.1 Å². The summed E-state index contributed by atoms with van der Waals surface area (Å²) in [7, 11) is 0. The second-order valence-electron chi connectivity index (χ2n) is 4.97. The van der Waals surface area contributed by atoms with Crippen LogP contribution in [0.3, 0.4) is 0 Å². The molecule has 18 heavy (non-hydrogen) atoms. The predicted octanol–water partition coefficient (Wildman–Crippen LogP) is 2.10. The molecule has 1 aliphatic carbocycles. The molecule has 0 bridgehead atoms. The lowest BCUT2D eigenvalue weighted by Crippen LogP contribution is -2.23. The summed E-state index contributed by atoms with van der Waals surface area (Å²) >= 11 is 0. The van der Waals surface area contributed by atoms with Gasteiger partial charge in [0.1, 0.15) is 6.07 Å². The van der Waals surface area contributed by atoms with Crippen LogP contribution in [0, 0.1) is 17.2 Å². The van der Waals surface area contributed by atoms with E-state index in [9.17, 15) is 5.11 Å². The van der Waals surface area contributed by atoms with Crippen LogP contribution in [0.25, 0.3) is 0 Å². The fourth-order valence-corrected chi connectivity index (χ4v) is 2.39. The van der Waals surface area contributed by atoms with E-state index < -0.39 is 0 Å². The zero-order chi connectivity index (χ0) is 13.0. The summed E-state index contributed by atoms with van der Waals surface area (Å²) < 4.78 is 0. The van der Waals surface area contributed by atoms with Crippen LogP contribution in [0.2, 0.25) is 0 Å². The number of rotatable bonds is 3. The Balaban J connectivity index is 1.87. The standard InChI is InChI=1S/C14H19N3O/c15-8-11-3-4-12(7-14(11)16)17-9-10-1-5-13(18)6-2-10/h3-4,7,10,13,17-18H,1-2,5-6,9,16H2. The van der Waals surface area contributed by atoms with Gasteiger partial charge in [-0.15, -0.1) is 0 Å². The van der Waals surface area contributed by atoms with Crippen molar-refractivity contribution < 1.29 is 5.11 Å². The zero-order valence-electron chi connectivity index (χ0n) is 10.4. The highest BCUT2D eigenvalue weighted by Crippen LogP contribution is 2.25. The maximum Gasteiger partial charge on any atom is 0.101 e. The average molecular weight is 245 g/mol. The highest BCUT2D eigenvalue weighted by atomic mass is 16.3. The van der Waals surface area contributed by atoms with Gasteiger partial charge in [-0.2, -0.15) is 5.26 Å². The average Bonchev–Trinajstić information content (AvgIpc) is 2.38. The summed E-state index contributed by atoms with van der Waals surface area (Å²) in [6.45, 7) is 0.901. The fourth-order valence-electron chi connectivity index (χ4n) is 2.39. The Morgan fingerprint density at radius 1 is 1.33 bits per heavy atom. The lowest BCUT2D eigenvalue weighted by molar-refractivity contribution is 0.111. The van der Waals surface area contributed by atoms with E-state index in [1.807, 2.05) is 6.07 Å². The number of hydrogen-bond acceptors (Lipinski definition) is 4. The van der Waals surface area contributed by atoms with Gasteiger partial charge in [-0.05, 0) is 49.8 Å². The van der Waals surface area contributed by atoms with Crippen LogP contribution in [0.4, 0.5) is 11.4 Å². The maximum atomic E-state index is 9.44. The van der Waals surface area contributed by atoms with Crippen molar-refractivity contribution >= 4 is 11.4 Å². The van der Waals surface area contributed by atoms with Gasteiger partial charge >= 0.3 is 0 Å². The molecule has 0 heterocycles. The van der Waals surface area contributed by atoms with E-state index in [-0.39, 0.29) is 6.10 Å². The van der Waals surface area contributed by atoms with Crippen LogP contribution in [0.1, 0.15) is 31.2 Å². The highest BCUT2D eigenvalue weighted by molar-refractivity contribution is 5.62. The first kappa shape index (κ1) is 12.7.